The van der Waals surface area contributed by atoms with Gasteiger partial charge in [-0.05, 0) is 30.2 Å². The number of anilines is 2. The fraction of sp³-hybridized carbons (Fsp3) is 0.111. The van der Waals surface area contributed by atoms with E-state index in [-0.39, 0.29) is 0 Å². The zero-order chi connectivity index (χ0) is 8.27. The van der Waals surface area contributed by atoms with Gasteiger partial charge in [-0.1, -0.05) is 6.08 Å². The quantitative estimate of drug-likeness (QED) is 0.494. The lowest BCUT2D eigenvalue weighted by molar-refractivity contribution is 1.28. The summed E-state index contributed by atoms with van der Waals surface area (Å²) >= 11 is 0. The SMILES string of the molecule is C=CCc1cc(N)ccc1N. The molecule has 0 atom stereocenters. The molecule has 0 amide bonds. The summed E-state index contributed by atoms with van der Waals surface area (Å²) in [4.78, 5) is 0. The first-order chi connectivity index (χ1) is 5.24. The van der Waals surface area contributed by atoms with Crippen molar-refractivity contribution in [3.8, 4) is 0 Å². The van der Waals surface area contributed by atoms with E-state index in [1.165, 1.54) is 0 Å². The van der Waals surface area contributed by atoms with Crippen LogP contribution in [0.2, 0.25) is 0 Å². The molecule has 4 N–H and O–H groups in total. The van der Waals surface area contributed by atoms with Gasteiger partial charge in [0.2, 0.25) is 0 Å². The number of hydrogen-bond acceptors (Lipinski definition) is 2. The van der Waals surface area contributed by atoms with Crippen molar-refractivity contribution < 1.29 is 0 Å². The first-order valence-electron chi connectivity index (χ1n) is 3.49. The van der Waals surface area contributed by atoms with Crippen molar-refractivity contribution in [3.63, 3.8) is 0 Å². The summed E-state index contributed by atoms with van der Waals surface area (Å²) in [5.41, 5.74) is 13.8. The Hall–Kier alpha value is -1.44. The maximum atomic E-state index is 5.67. The Balaban J connectivity index is 3.01. The van der Waals surface area contributed by atoms with Crippen molar-refractivity contribution in [1.29, 1.82) is 0 Å². The fourth-order valence-electron chi connectivity index (χ4n) is 0.958. The number of allylic oxidation sites excluding steroid dienone is 1. The standard InChI is InChI=1S/C9H12N2/c1-2-3-7-6-8(10)4-5-9(7)11/h2,4-6H,1,3,10-11H2. The van der Waals surface area contributed by atoms with Crippen LogP contribution < -0.4 is 11.5 Å². The van der Waals surface area contributed by atoms with E-state index in [1.54, 1.807) is 6.07 Å². The lowest BCUT2D eigenvalue weighted by atomic mass is 10.1. The van der Waals surface area contributed by atoms with E-state index >= 15 is 0 Å². The molecule has 0 saturated carbocycles. The van der Waals surface area contributed by atoms with Gasteiger partial charge in [-0.15, -0.1) is 6.58 Å². The van der Waals surface area contributed by atoms with Crippen LogP contribution in [0.5, 0.6) is 0 Å². The summed E-state index contributed by atoms with van der Waals surface area (Å²) in [6.45, 7) is 3.63. The summed E-state index contributed by atoms with van der Waals surface area (Å²) in [6, 6.07) is 5.48. The van der Waals surface area contributed by atoms with Crippen LogP contribution in [-0.4, -0.2) is 0 Å². The van der Waals surface area contributed by atoms with Crippen molar-refractivity contribution in [2.24, 2.45) is 0 Å². The minimum Gasteiger partial charge on any atom is -0.399 e. The molecule has 0 unspecified atom stereocenters. The van der Waals surface area contributed by atoms with Gasteiger partial charge < -0.3 is 11.5 Å². The molecule has 0 saturated heterocycles. The van der Waals surface area contributed by atoms with Gasteiger partial charge in [-0.3, -0.25) is 0 Å². The fourth-order valence-corrected chi connectivity index (χ4v) is 0.958. The van der Waals surface area contributed by atoms with Crippen LogP contribution in [0.15, 0.2) is 30.9 Å². The Morgan fingerprint density at radius 1 is 1.36 bits per heavy atom. The predicted octanol–water partition coefficient (Wildman–Crippen LogP) is 1.58. The minimum absolute atomic E-state index is 0.746. The van der Waals surface area contributed by atoms with E-state index in [4.69, 9.17) is 11.5 Å². The van der Waals surface area contributed by atoms with E-state index in [0.29, 0.717) is 0 Å². The Morgan fingerprint density at radius 2 is 2.09 bits per heavy atom. The molecule has 0 fully saturated rings. The van der Waals surface area contributed by atoms with Crippen LogP contribution in [0.1, 0.15) is 5.56 Å². The number of benzene rings is 1. The van der Waals surface area contributed by atoms with Gasteiger partial charge in [-0.25, -0.2) is 0 Å². The van der Waals surface area contributed by atoms with Gasteiger partial charge in [0.25, 0.3) is 0 Å². The van der Waals surface area contributed by atoms with Crippen LogP contribution >= 0.6 is 0 Å². The summed E-state index contributed by atoms with van der Waals surface area (Å²) in [5, 5.41) is 0. The van der Waals surface area contributed by atoms with Crippen LogP contribution in [0.25, 0.3) is 0 Å². The average Bonchev–Trinajstić information content (AvgIpc) is 1.98. The van der Waals surface area contributed by atoms with Crippen molar-refractivity contribution in [3.05, 3.63) is 36.4 Å². The maximum absolute atomic E-state index is 5.67. The van der Waals surface area contributed by atoms with E-state index in [9.17, 15) is 0 Å². The van der Waals surface area contributed by atoms with Gasteiger partial charge in [0.05, 0.1) is 0 Å². The number of hydrogen-bond donors (Lipinski definition) is 2. The molecule has 0 aromatic heterocycles. The van der Waals surface area contributed by atoms with Gasteiger partial charge in [0.15, 0.2) is 0 Å². The Kier molecular flexibility index (Phi) is 2.16. The molecule has 1 rings (SSSR count). The molecule has 11 heavy (non-hydrogen) atoms. The zero-order valence-electron chi connectivity index (χ0n) is 6.38. The molecule has 0 aliphatic carbocycles. The lowest BCUT2D eigenvalue weighted by Crippen LogP contribution is -1.94. The van der Waals surface area contributed by atoms with Crippen molar-refractivity contribution in [2.75, 3.05) is 11.5 Å². The molecule has 58 valence electrons. The van der Waals surface area contributed by atoms with Crippen molar-refractivity contribution >= 4 is 11.4 Å². The molecule has 0 spiro atoms. The van der Waals surface area contributed by atoms with Crippen molar-refractivity contribution in [2.45, 2.75) is 6.42 Å². The first-order valence-corrected chi connectivity index (χ1v) is 3.49. The predicted molar refractivity (Wildman–Crippen MR) is 49.2 cm³/mol. The van der Waals surface area contributed by atoms with Crippen LogP contribution in [0, 0.1) is 0 Å². The van der Waals surface area contributed by atoms with Crippen LogP contribution in [0.3, 0.4) is 0 Å². The highest BCUT2D eigenvalue weighted by Gasteiger charge is 1.95. The van der Waals surface area contributed by atoms with Gasteiger partial charge in [0, 0.05) is 11.4 Å². The van der Waals surface area contributed by atoms with Gasteiger partial charge >= 0.3 is 0 Å². The molecule has 1 aromatic carbocycles. The maximum Gasteiger partial charge on any atom is 0.0351 e. The smallest absolute Gasteiger partial charge is 0.0351 e. The third-order valence-electron chi connectivity index (χ3n) is 1.53. The number of rotatable bonds is 2. The Morgan fingerprint density at radius 3 is 2.73 bits per heavy atom. The molecule has 0 bridgehead atoms. The summed E-state index contributed by atoms with van der Waals surface area (Å²) in [7, 11) is 0. The van der Waals surface area contributed by atoms with E-state index < -0.39 is 0 Å². The molecule has 0 radical (unpaired) electrons. The molecule has 2 heteroatoms. The highest BCUT2D eigenvalue weighted by Crippen LogP contribution is 2.15. The first kappa shape index (κ1) is 7.66. The number of nitrogens with two attached hydrogens (primary N) is 2. The van der Waals surface area contributed by atoms with Gasteiger partial charge in [-0.2, -0.15) is 0 Å². The summed E-state index contributed by atoms with van der Waals surface area (Å²) in [6.07, 6.45) is 2.59. The largest absolute Gasteiger partial charge is 0.399 e. The monoisotopic (exact) mass is 148 g/mol. The molecule has 0 aliphatic heterocycles. The molecule has 0 heterocycles. The topological polar surface area (TPSA) is 52.0 Å². The second kappa shape index (κ2) is 3.10. The molecule has 0 aliphatic rings. The second-order valence-corrected chi connectivity index (χ2v) is 2.45. The minimum atomic E-state index is 0.746. The molecular formula is C9H12N2. The summed E-state index contributed by atoms with van der Waals surface area (Å²) < 4.78 is 0. The van der Waals surface area contributed by atoms with Crippen molar-refractivity contribution in [1.82, 2.24) is 0 Å². The highest BCUT2D eigenvalue weighted by atomic mass is 14.6. The van der Waals surface area contributed by atoms with E-state index in [0.717, 1.165) is 23.4 Å². The third kappa shape index (κ3) is 1.74. The van der Waals surface area contributed by atoms with Gasteiger partial charge in [0.1, 0.15) is 0 Å². The average molecular weight is 148 g/mol. The molecule has 1 aromatic rings. The Labute approximate surface area is 66.5 Å². The third-order valence-corrected chi connectivity index (χ3v) is 1.53. The Bertz CT molecular complexity index is 266. The zero-order valence-corrected chi connectivity index (χ0v) is 6.38. The number of nitrogen functional groups attached to an aromatic ring is 2. The van der Waals surface area contributed by atoms with Crippen LogP contribution in [-0.2, 0) is 6.42 Å². The molecular weight excluding hydrogens is 136 g/mol. The summed E-state index contributed by atoms with van der Waals surface area (Å²) in [5.74, 6) is 0. The lowest BCUT2D eigenvalue weighted by Gasteiger charge is -2.02. The van der Waals surface area contributed by atoms with Crippen LogP contribution in [0.4, 0.5) is 11.4 Å². The second-order valence-electron chi connectivity index (χ2n) is 2.45. The van der Waals surface area contributed by atoms with E-state index in [1.807, 2.05) is 18.2 Å². The van der Waals surface area contributed by atoms with E-state index in [2.05, 4.69) is 6.58 Å². The normalized spacial score (nSPS) is 9.45. The molecule has 2 nitrogen and oxygen atoms in total. The highest BCUT2D eigenvalue weighted by molar-refractivity contribution is 5.55.